The van der Waals surface area contributed by atoms with Crippen molar-refractivity contribution in [3.05, 3.63) is 64.6 Å². The minimum absolute atomic E-state index is 0.0355. The van der Waals surface area contributed by atoms with Gasteiger partial charge in [-0.1, -0.05) is 42.2 Å². The molecule has 0 saturated carbocycles. The van der Waals surface area contributed by atoms with Gasteiger partial charge in [0, 0.05) is 11.3 Å². The Kier molecular flexibility index (Phi) is 6.00. The Labute approximate surface area is 176 Å². The molecule has 2 aromatic rings. The van der Waals surface area contributed by atoms with E-state index in [9.17, 15) is 19.5 Å². The Morgan fingerprint density at radius 1 is 1.17 bits per heavy atom. The third-order valence-corrected chi connectivity index (χ3v) is 5.54. The van der Waals surface area contributed by atoms with E-state index in [-0.39, 0.29) is 15.6 Å². The SMILES string of the molecule is CC(C(=O)Nc1ccc(C(=O)O)cc1)N1C(=O)/C(=C/c2ccccc2O)SC1=S. The van der Waals surface area contributed by atoms with Gasteiger partial charge < -0.3 is 15.5 Å². The van der Waals surface area contributed by atoms with E-state index in [1.807, 2.05) is 0 Å². The Balaban J connectivity index is 1.74. The Morgan fingerprint density at radius 2 is 1.83 bits per heavy atom. The first kappa shape index (κ1) is 20.6. The second-order valence-electron chi connectivity index (χ2n) is 6.16. The van der Waals surface area contributed by atoms with Crippen LogP contribution >= 0.6 is 24.0 Å². The number of carbonyl (C=O) groups is 3. The fraction of sp³-hybridized carbons (Fsp3) is 0.100. The fourth-order valence-electron chi connectivity index (χ4n) is 2.62. The van der Waals surface area contributed by atoms with Gasteiger partial charge in [-0.25, -0.2) is 4.79 Å². The molecule has 148 valence electrons. The lowest BCUT2D eigenvalue weighted by Gasteiger charge is -2.22. The second-order valence-corrected chi connectivity index (χ2v) is 7.83. The third kappa shape index (κ3) is 4.47. The van der Waals surface area contributed by atoms with E-state index in [1.165, 1.54) is 41.3 Å². The normalized spacial score (nSPS) is 16.2. The summed E-state index contributed by atoms with van der Waals surface area (Å²) in [5.74, 6) is -1.92. The van der Waals surface area contributed by atoms with Crippen molar-refractivity contribution in [2.24, 2.45) is 0 Å². The number of para-hydroxylation sites is 1. The van der Waals surface area contributed by atoms with Gasteiger partial charge in [0.1, 0.15) is 16.1 Å². The third-order valence-electron chi connectivity index (χ3n) is 4.21. The number of aromatic carboxylic acids is 1. The summed E-state index contributed by atoms with van der Waals surface area (Å²) in [6, 6.07) is 11.4. The number of benzene rings is 2. The minimum Gasteiger partial charge on any atom is -0.507 e. The first-order valence-corrected chi connectivity index (χ1v) is 9.69. The smallest absolute Gasteiger partial charge is 0.335 e. The van der Waals surface area contributed by atoms with Crippen LogP contribution < -0.4 is 5.32 Å². The molecule has 0 bridgehead atoms. The zero-order valence-corrected chi connectivity index (χ0v) is 16.8. The van der Waals surface area contributed by atoms with Crippen LogP contribution in [-0.2, 0) is 9.59 Å². The highest BCUT2D eigenvalue weighted by Gasteiger charge is 2.38. The molecule has 7 nitrogen and oxygen atoms in total. The molecule has 1 unspecified atom stereocenters. The molecule has 0 radical (unpaired) electrons. The van der Waals surface area contributed by atoms with Crippen LogP contribution in [0.1, 0.15) is 22.8 Å². The molecule has 3 N–H and O–H groups in total. The number of thiocarbonyl (C=S) groups is 1. The summed E-state index contributed by atoms with van der Waals surface area (Å²) in [5, 5.41) is 21.5. The molecule has 1 saturated heterocycles. The number of amides is 2. The Bertz CT molecular complexity index is 1030. The number of phenols is 1. The van der Waals surface area contributed by atoms with Gasteiger partial charge in [-0.15, -0.1) is 0 Å². The van der Waals surface area contributed by atoms with E-state index in [4.69, 9.17) is 17.3 Å². The molecule has 1 aliphatic heterocycles. The lowest BCUT2D eigenvalue weighted by Crippen LogP contribution is -2.44. The summed E-state index contributed by atoms with van der Waals surface area (Å²) in [5.41, 5.74) is 0.980. The molecule has 0 spiro atoms. The van der Waals surface area contributed by atoms with Crippen LogP contribution in [0.4, 0.5) is 5.69 Å². The van der Waals surface area contributed by atoms with Gasteiger partial charge in [-0.3, -0.25) is 14.5 Å². The number of hydrogen-bond donors (Lipinski definition) is 3. The number of hydrogen-bond acceptors (Lipinski definition) is 6. The molecule has 0 aromatic heterocycles. The minimum atomic E-state index is -1.06. The number of thioether (sulfide) groups is 1. The van der Waals surface area contributed by atoms with Crippen LogP contribution in [0.3, 0.4) is 0 Å². The van der Waals surface area contributed by atoms with Crippen molar-refractivity contribution >= 4 is 57.8 Å². The quantitative estimate of drug-likeness (QED) is 0.495. The van der Waals surface area contributed by atoms with Crippen LogP contribution in [0.15, 0.2) is 53.4 Å². The van der Waals surface area contributed by atoms with Crippen molar-refractivity contribution in [3.8, 4) is 5.75 Å². The maximum absolute atomic E-state index is 12.8. The predicted octanol–water partition coefficient (Wildman–Crippen LogP) is 3.32. The van der Waals surface area contributed by atoms with Crippen LogP contribution in [-0.4, -0.2) is 43.3 Å². The van der Waals surface area contributed by atoms with Crippen LogP contribution in [0.25, 0.3) is 6.08 Å². The van der Waals surface area contributed by atoms with Crippen LogP contribution in [0.5, 0.6) is 5.75 Å². The van der Waals surface area contributed by atoms with Crippen molar-refractivity contribution < 1.29 is 24.6 Å². The van der Waals surface area contributed by atoms with E-state index in [2.05, 4.69) is 5.32 Å². The van der Waals surface area contributed by atoms with Crippen LogP contribution in [0.2, 0.25) is 0 Å². The lowest BCUT2D eigenvalue weighted by atomic mass is 10.1. The summed E-state index contributed by atoms with van der Waals surface area (Å²) in [6.45, 7) is 1.55. The van der Waals surface area contributed by atoms with Gasteiger partial charge in [0.2, 0.25) is 5.91 Å². The summed E-state index contributed by atoms with van der Waals surface area (Å²) in [7, 11) is 0. The molecule has 1 fully saturated rings. The van der Waals surface area contributed by atoms with Crippen LogP contribution in [0, 0.1) is 0 Å². The number of phenolic OH excluding ortho intramolecular Hbond substituents is 1. The van der Waals surface area contributed by atoms with Crippen molar-refractivity contribution in [2.75, 3.05) is 5.32 Å². The van der Waals surface area contributed by atoms with E-state index in [0.717, 1.165) is 11.8 Å². The molecular formula is C20H16N2O5S2. The molecule has 3 rings (SSSR count). The molecule has 2 aromatic carbocycles. The van der Waals surface area contributed by atoms with E-state index >= 15 is 0 Å². The van der Waals surface area contributed by atoms with Gasteiger partial charge >= 0.3 is 5.97 Å². The molecule has 2 amide bonds. The maximum Gasteiger partial charge on any atom is 0.335 e. The largest absolute Gasteiger partial charge is 0.507 e. The maximum atomic E-state index is 12.8. The highest BCUT2D eigenvalue weighted by molar-refractivity contribution is 8.26. The first-order chi connectivity index (χ1) is 13.8. The summed E-state index contributed by atoms with van der Waals surface area (Å²) < 4.78 is 0.237. The monoisotopic (exact) mass is 428 g/mol. The topological polar surface area (TPSA) is 107 Å². The van der Waals surface area contributed by atoms with Gasteiger partial charge in [0.15, 0.2) is 0 Å². The summed E-state index contributed by atoms with van der Waals surface area (Å²) >= 11 is 6.32. The number of nitrogens with zero attached hydrogens (tertiary/aromatic N) is 1. The zero-order chi connectivity index (χ0) is 21.1. The fourth-order valence-corrected chi connectivity index (χ4v) is 4.03. The highest BCUT2D eigenvalue weighted by atomic mass is 32.2. The molecule has 1 heterocycles. The van der Waals surface area contributed by atoms with Crippen molar-refractivity contribution in [2.45, 2.75) is 13.0 Å². The molecule has 1 atom stereocenters. The number of rotatable bonds is 5. The van der Waals surface area contributed by atoms with Gasteiger partial charge in [-0.05, 0) is 43.3 Å². The number of nitrogens with one attached hydrogen (secondary N) is 1. The average molecular weight is 428 g/mol. The van der Waals surface area contributed by atoms with Crippen molar-refractivity contribution in [1.82, 2.24) is 4.90 Å². The van der Waals surface area contributed by atoms with E-state index in [1.54, 1.807) is 25.1 Å². The predicted molar refractivity (Wildman–Crippen MR) is 115 cm³/mol. The molecule has 0 aliphatic carbocycles. The Hall–Kier alpha value is -3.17. The highest BCUT2D eigenvalue weighted by Crippen LogP contribution is 2.35. The molecule has 1 aliphatic rings. The van der Waals surface area contributed by atoms with Gasteiger partial charge in [0.05, 0.1) is 10.5 Å². The van der Waals surface area contributed by atoms with Gasteiger partial charge in [-0.2, -0.15) is 0 Å². The molecule has 29 heavy (non-hydrogen) atoms. The molecular weight excluding hydrogens is 412 g/mol. The van der Waals surface area contributed by atoms with E-state index < -0.39 is 23.8 Å². The number of carboxylic acid groups (broad SMARTS) is 1. The number of anilines is 1. The second kappa shape index (κ2) is 8.46. The average Bonchev–Trinajstić information content (AvgIpc) is 2.96. The number of carboxylic acids is 1. The summed E-state index contributed by atoms with van der Waals surface area (Å²) in [6.07, 6.45) is 1.53. The Morgan fingerprint density at radius 3 is 2.45 bits per heavy atom. The summed E-state index contributed by atoms with van der Waals surface area (Å²) in [4.78, 5) is 37.8. The number of aromatic hydroxyl groups is 1. The van der Waals surface area contributed by atoms with Crippen molar-refractivity contribution in [1.29, 1.82) is 0 Å². The standard InChI is InChI=1S/C20H16N2O5S2/c1-11(17(24)21-14-8-6-12(7-9-14)19(26)27)22-18(25)16(29-20(22)28)10-13-4-2-3-5-15(13)23/h2-11,23H,1H3,(H,21,24)(H,26,27)/b16-10-. The number of carbonyl (C=O) groups excluding carboxylic acids is 2. The van der Waals surface area contributed by atoms with E-state index in [0.29, 0.717) is 16.2 Å². The molecule has 9 heteroatoms. The first-order valence-electron chi connectivity index (χ1n) is 8.47. The lowest BCUT2D eigenvalue weighted by molar-refractivity contribution is -0.129. The van der Waals surface area contributed by atoms with Gasteiger partial charge in [0.25, 0.3) is 5.91 Å². The zero-order valence-electron chi connectivity index (χ0n) is 15.2. The van der Waals surface area contributed by atoms with Crippen molar-refractivity contribution in [3.63, 3.8) is 0 Å².